The van der Waals surface area contributed by atoms with Crippen LogP contribution in [0, 0.1) is 17.5 Å². The Balaban J connectivity index is 2.31. The molecule has 100 valence electrons. The van der Waals surface area contributed by atoms with E-state index < -0.39 is 23.5 Å². The van der Waals surface area contributed by atoms with Crippen molar-refractivity contribution in [1.29, 1.82) is 0 Å². The van der Waals surface area contributed by atoms with Crippen LogP contribution in [0.5, 0.6) is 0 Å². The van der Waals surface area contributed by atoms with Gasteiger partial charge in [-0.2, -0.15) is 0 Å². The molecule has 2 aromatic rings. The summed E-state index contributed by atoms with van der Waals surface area (Å²) in [4.78, 5) is 0. The van der Waals surface area contributed by atoms with Crippen LogP contribution in [0.15, 0.2) is 40.9 Å². The van der Waals surface area contributed by atoms with Crippen molar-refractivity contribution in [3.05, 3.63) is 69.4 Å². The lowest BCUT2D eigenvalue weighted by Gasteiger charge is -2.15. The Hall–Kier alpha value is -1.33. The van der Waals surface area contributed by atoms with Gasteiger partial charge >= 0.3 is 0 Å². The van der Waals surface area contributed by atoms with Crippen LogP contribution in [0.1, 0.15) is 17.2 Å². The minimum absolute atomic E-state index is 0.0411. The largest absolute Gasteiger partial charge is 0.324 e. The number of hydrogen-bond acceptors (Lipinski definition) is 1. The molecule has 0 fully saturated rings. The number of nitrogens with two attached hydrogens (primary N) is 1. The maximum atomic E-state index is 13.5. The predicted molar refractivity (Wildman–Crippen MR) is 71.1 cm³/mol. The van der Waals surface area contributed by atoms with E-state index in [-0.39, 0.29) is 12.0 Å². The molecule has 1 unspecified atom stereocenters. The average Bonchev–Trinajstić information content (AvgIpc) is 2.37. The summed E-state index contributed by atoms with van der Waals surface area (Å²) in [5.41, 5.74) is 6.29. The van der Waals surface area contributed by atoms with E-state index in [1.807, 2.05) is 0 Å². The molecular formula is C14H11BrF3N. The summed E-state index contributed by atoms with van der Waals surface area (Å²) in [6, 6.07) is 6.99. The maximum absolute atomic E-state index is 13.5. The molecule has 2 rings (SSSR count). The summed E-state index contributed by atoms with van der Waals surface area (Å²) in [7, 11) is 0. The van der Waals surface area contributed by atoms with Crippen molar-refractivity contribution in [2.45, 2.75) is 12.5 Å². The van der Waals surface area contributed by atoms with Crippen molar-refractivity contribution in [3.8, 4) is 0 Å². The van der Waals surface area contributed by atoms with E-state index in [1.54, 1.807) is 0 Å². The van der Waals surface area contributed by atoms with Crippen LogP contribution < -0.4 is 5.73 Å². The molecule has 0 aliphatic rings. The molecule has 0 saturated heterocycles. The monoisotopic (exact) mass is 329 g/mol. The lowest BCUT2D eigenvalue weighted by Crippen LogP contribution is -2.16. The molecule has 1 atom stereocenters. The Morgan fingerprint density at radius 3 is 2.32 bits per heavy atom. The summed E-state index contributed by atoms with van der Waals surface area (Å²) in [6.45, 7) is 0. The molecular weight excluding hydrogens is 319 g/mol. The van der Waals surface area contributed by atoms with Gasteiger partial charge in [0.1, 0.15) is 17.5 Å². The van der Waals surface area contributed by atoms with Crippen molar-refractivity contribution in [2.24, 2.45) is 5.73 Å². The molecule has 1 nitrogen and oxygen atoms in total. The highest BCUT2D eigenvalue weighted by Crippen LogP contribution is 2.27. The summed E-state index contributed by atoms with van der Waals surface area (Å²) < 4.78 is 40.8. The highest BCUT2D eigenvalue weighted by atomic mass is 79.9. The van der Waals surface area contributed by atoms with Gasteiger partial charge in [-0.3, -0.25) is 0 Å². The van der Waals surface area contributed by atoms with Gasteiger partial charge in [0.15, 0.2) is 0 Å². The fourth-order valence-electron chi connectivity index (χ4n) is 1.86. The summed E-state index contributed by atoms with van der Waals surface area (Å²) in [5.74, 6) is -1.74. The van der Waals surface area contributed by atoms with Gasteiger partial charge in [0.05, 0.1) is 0 Å². The predicted octanol–water partition coefficient (Wildman–Crippen LogP) is 4.11. The van der Waals surface area contributed by atoms with Gasteiger partial charge in [0.25, 0.3) is 0 Å². The zero-order valence-electron chi connectivity index (χ0n) is 9.84. The van der Waals surface area contributed by atoms with Gasteiger partial charge in [-0.15, -0.1) is 0 Å². The first-order chi connectivity index (χ1) is 8.99. The number of halogens is 4. The third-order valence-corrected chi connectivity index (χ3v) is 3.57. The summed E-state index contributed by atoms with van der Waals surface area (Å²) in [6.07, 6.45) is -0.0411. The van der Waals surface area contributed by atoms with Gasteiger partial charge in [-0.05, 0) is 42.3 Å². The molecule has 2 aromatic carbocycles. The Labute approximate surface area is 117 Å². The van der Waals surface area contributed by atoms with Crippen LogP contribution in [0.2, 0.25) is 0 Å². The molecule has 19 heavy (non-hydrogen) atoms. The number of hydrogen-bond donors (Lipinski definition) is 1. The molecule has 0 aliphatic heterocycles. The molecule has 2 N–H and O–H groups in total. The van der Waals surface area contributed by atoms with Crippen molar-refractivity contribution in [1.82, 2.24) is 0 Å². The van der Waals surface area contributed by atoms with Gasteiger partial charge in [0.2, 0.25) is 0 Å². The third kappa shape index (κ3) is 3.16. The fourth-order valence-corrected chi connectivity index (χ4v) is 2.40. The second-order valence-corrected chi connectivity index (χ2v) is 5.03. The standard InChI is InChI=1S/C14H11BrF3N/c15-11-5-4-8(16)6-9(11)14(19)7-10-12(17)2-1-3-13(10)18/h1-6,14H,7,19H2. The fraction of sp³-hybridized carbons (Fsp3) is 0.143. The second-order valence-electron chi connectivity index (χ2n) is 4.18. The number of benzene rings is 2. The first-order valence-electron chi connectivity index (χ1n) is 5.62. The molecule has 0 amide bonds. The van der Waals surface area contributed by atoms with Crippen LogP contribution in [0.3, 0.4) is 0 Å². The molecule has 0 aromatic heterocycles. The molecule has 5 heteroatoms. The SMILES string of the molecule is NC(Cc1c(F)cccc1F)c1cc(F)ccc1Br. The molecule has 0 bridgehead atoms. The Kier molecular flexibility index (Phi) is 4.27. The van der Waals surface area contributed by atoms with Crippen molar-refractivity contribution in [2.75, 3.05) is 0 Å². The Bertz CT molecular complexity index is 581. The van der Waals surface area contributed by atoms with Crippen LogP contribution in [0.4, 0.5) is 13.2 Å². The van der Waals surface area contributed by atoms with Crippen LogP contribution >= 0.6 is 15.9 Å². The zero-order valence-corrected chi connectivity index (χ0v) is 11.4. The van der Waals surface area contributed by atoms with Crippen LogP contribution in [-0.2, 0) is 6.42 Å². The van der Waals surface area contributed by atoms with E-state index in [2.05, 4.69) is 15.9 Å². The van der Waals surface area contributed by atoms with Crippen molar-refractivity contribution in [3.63, 3.8) is 0 Å². The zero-order chi connectivity index (χ0) is 14.0. The van der Waals surface area contributed by atoms with E-state index in [4.69, 9.17) is 5.73 Å². The van der Waals surface area contributed by atoms with Crippen LogP contribution in [0.25, 0.3) is 0 Å². The molecule has 0 heterocycles. The molecule has 0 saturated carbocycles. The van der Waals surface area contributed by atoms with E-state index in [0.717, 1.165) is 0 Å². The third-order valence-electron chi connectivity index (χ3n) is 2.84. The van der Waals surface area contributed by atoms with Crippen LogP contribution in [-0.4, -0.2) is 0 Å². The number of rotatable bonds is 3. The second kappa shape index (κ2) is 5.75. The molecule has 0 radical (unpaired) electrons. The smallest absolute Gasteiger partial charge is 0.129 e. The quantitative estimate of drug-likeness (QED) is 0.901. The van der Waals surface area contributed by atoms with Gasteiger partial charge in [-0.25, -0.2) is 13.2 Å². The normalized spacial score (nSPS) is 12.5. The van der Waals surface area contributed by atoms with E-state index in [9.17, 15) is 13.2 Å². The average molecular weight is 330 g/mol. The lowest BCUT2D eigenvalue weighted by atomic mass is 9.99. The van der Waals surface area contributed by atoms with E-state index in [0.29, 0.717) is 10.0 Å². The van der Waals surface area contributed by atoms with Crippen molar-refractivity contribution < 1.29 is 13.2 Å². The Morgan fingerprint density at radius 1 is 1.05 bits per heavy atom. The molecule has 0 spiro atoms. The highest BCUT2D eigenvalue weighted by molar-refractivity contribution is 9.10. The van der Waals surface area contributed by atoms with Gasteiger partial charge in [0, 0.05) is 16.1 Å². The van der Waals surface area contributed by atoms with E-state index >= 15 is 0 Å². The van der Waals surface area contributed by atoms with E-state index in [1.165, 1.54) is 36.4 Å². The topological polar surface area (TPSA) is 26.0 Å². The lowest BCUT2D eigenvalue weighted by molar-refractivity contribution is 0.538. The molecule has 0 aliphatic carbocycles. The van der Waals surface area contributed by atoms with Gasteiger partial charge in [-0.1, -0.05) is 22.0 Å². The minimum Gasteiger partial charge on any atom is -0.324 e. The first-order valence-corrected chi connectivity index (χ1v) is 6.41. The Morgan fingerprint density at radius 2 is 1.68 bits per heavy atom. The first kappa shape index (κ1) is 14.1. The minimum atomic E-state index is -0.698. The maximum Gasteiger partial charge on any atom is 0.129 e. The highest BCUT2D eigenvalue weighted by Gasteiger charge is 2.16. The summed E-state index contributed by atoms with van der Waals surface area (Å²) in [5, 5.41) is 0. The van der Waals surface area contributed by atoms with Crippen molar-refractivity contribution >= 4 is 15.9 Å². The summed E-state index contributed by atoms with van der Waals surface area (Å²) >= 11 is 3.25. The van der Waals surface area contributed by atoms with Gasteiger partial charge < -0.3 is 5.73 Å².